The number of ether oxygens (including phenoxy) is 1. The Hall–Kier alpha value is -3.17. The van der Waals surface area contributed by atoms with Gasteiger partial charge in [-0.25, -0.2) is 9.97 Å². The molecule has 0 aliphatic carbocycles. The van der Waals surface area contributed by atoms with Crippen LogP contribution in [0.4, 0.5) is 0 Å². The average Bonchev–Trinajstić information content (AvgIpc) is 2.74. The number of hydrogen-bond acceptors (Lipinski definition) is 7. The van der Waals surface area contributed by atoms with E-state index in [-0.39, 0.29) is 24.8 Å². The van der Waals surface area contributed by atoms with Gasteiger partial charge in [0.15, 0.2) is 0 Å². The van der Waals surface area contributed by atoms with Crippen LogP contribution in [0.25, 0.3) is 0 Å². The molecule has 0 saturated heterocycles. The van der Waals surface area contributed by atoms with Crippen LogP contribution in [0, 0.1) is 0 Å². The third-order valence-corrected chi connectivity index (χ3v) is 4.18. The van der Waals surface area contributed by atoms with Gasteiger partial charge in [-0.15, -0.1) is 0 Å². The lowest BCUT2D eigenvalue weighted by molar-refractivity contribution is -0.125. The van der Waals surface area contributed by atoms with E-state index in [1.54, 1.807) is 42.7 Å². The first-order valence-corrected chi connectivity index (χ1v) is 8.83. The number of aromatic nitrogens is 3. The summed E-state index contributed by atoms with van der Waals surface area (Å²) in [4.78, 5) is 36.1. The minimum Gasteiger partial charge on any atom is -0.394 e. The summed E-state index contributed by atoms with van der Waals surface area (Å²) in [5.41, 5.74) is 1.12. The van der Waals surface area contributed by atoms with Gasteiger partial charge in [0, 0.05) is 18.6 Å². The molecule has 2 amide bonds. The standard InChI is InChI=1S/C19H21N5O4/c25-11-17-16(24-19(27)13-2-1-6-20-9-13)4-3-15(28-17)8-18(26)22-10-14-5-7-21-12-23-14/h1-7,9,12,15-17,25H,8,10-11H2,(H,22,26)(H,24,27)/t15-,16+,17+/m0/s1. The van der Waals surface area contributed by atoms with Crippen molar-refractivity contribution in [3.05, 3.63) is 66.5 Å². The summed E-state index contributed by atoms with van der Waals surface area (Å²) in [6.45, 7) is 0.00634. The van der Waals surface area contributed by atoms with Gasteiger partial charge in [-0.05, 0) is 18.2 Å². The number of nitrogens with one attached hydrogen (secondary N) is 2. The molecule has 146 valence electrons. The van der Waals surface area contributed by atoms with Gasteiger partial charge in [0.05, 0.1) is 43.0 Å². The molecule has 0 bridgehead atoms. The van der Waals surface area contributed by atoms with E-state index >= 15 is 0 Å². The van der Waals surface area contributed by atoms with Crippen molar-refractivity contribution in [3.63, 3.8) is 0 Å². The van der Waals surface area contributed by atoms with E-state index in [0.29, 0.717) is 17.8 Å². The predicted octanol–water partition coefficient (Wildman–Crippen LogP) is -0.00760. The molecular weight excluding hydrogens is 362 g/mol. The normalized spacial score (nSPS) is 21.1. The van der Waals surface area contributed by atoms with Crippen LogP contribution in [0.5, 0.6) is 0 Å². The van der Waals surface area contributed by atoms with Crippen molar-refractivity contribution in [1.29, 1.82) is 0 Å². The summed E-state index contributed by atoms with van der Waals surface area (Å²) in [6.07, 6.45) is 8.47. The third kappa shape index (κ3) is 5.41. The van der Waals surface area contributed by atoms with Crippen LogP contribution in [-0.2, 0) is 16.1 Å². The van der Waals surface area contributed by atoms with Crippen molar-refractivity contribution < 1.29 is 19.4 Å². The Bertz CT molecular complexity index is 816. The zero-order valence-electron chi connectivity index (χ0n) is 15.1. The Labute approximate surface area is 161 Å². The number of pyridine rings is 1. The minimum atomic E-state index is -0.648. The van der Waals surface area contributed by atoms with Gasteiger partial charge >= 0.3 is 0 Å². The highest BCUT2D eigenvalue weighted by atomic mass is 16.5. The summed E-state index contributed by atoms with van der Waals surface area (Å²) in [5, 5.41) is 15.2. The van der Waals surface area contributed by atoms with Gasteiger partial charge < -0.3 is 20.5 Å². The Kier molecular flexibility index (Phi) is 6.77. The van der Waals surface area contributed by atoms with Gasteiger partial charge in [-0.1, -0.05) is 12.2 Å². The van der Waals surface area contributed by atoms with E-state index in [1.807, 2.05) is 0 Å². The molecule has 0 radical (unpaired) electrons. The minimum absolute atomic E-state index is 0.0986. The molecule has 9 heteroatoms. The van der Waals surface area contributed by atoms with Gasteiger partial charge in [0.25, 0.3) is 5.91 Å². The molecule has 3 rings (SSSR count). The van der Waals surface area contributed by atoms with Crippen LogP contribution in [0.15, 0.2) is 55.3 Å². The Morgan fingerprint density at radius 1 is 1.18 bits per heavy atom. The second-order valence-corrected chi connectivity index (χ2v) is 6.20. The maximum Gasteiger partial charge on any atom is 0.253 e. The molecule has 0 spiro atoms. The zero-order chi connectivity index (χ0) is 19.8. The molecule has 3 N–H and O–H groups in total. The molecule has 28 heavy (non-hydrogen) atoms. The van der Waals surface area contributed by atoms with E-state index in [2.05, 4.69) is 25.6 Å². The molecule has 0 fully saturated rings. The van der Waals surface area contributed by atoms with Crippen molar-refractivity contribution in [2.24, 2.45) is 0 Å². The highest BCUT2D eigenvalue weighted by molar-refractivity contribution is 5.94. The number of carbonyl (C=O) groups is 2. The molecule has 1 aliphatic rings. The largest absolute Gasteiger partial charge is 0.394 e. The monoisotopic (exact) mass is 383 g/mol. The number of rotatable bonds is 7. The van der Waals surface area contributed by atoms with E-state index in [0.717, 1.165) is 0 Å². The van der Waals surface area contributed by atoms with Crippen LogP contribution in [0.1, 0.15) is 22.5 Å². The maximum atomic E-state index is 12.3. The lowest BCUT2D eigenvalue weighted by Gasteiger charge is -2.31. The molecular formula is C19H21N5O4. The first kappa shape index (κ1) is 19.6. The second kappa shape index (κ2) is 9.67. The summed E-state index contributed by atoms with van der Waals surface area (Å²) in [7, 11) is 0. The van der Waals surface area contributed by atoms with E-state index in [4.69, 9.17) is 4.74 Å². The third-order valence-electron chi connectivity index (χ3n) is 4.18. The zero-order valence-corrected chi connectivity index (χ0v) is 15.1. The van der Waals surface area contributed by atoms with Crippen molar-refractivity contribution in [1.82, 2.24) is 25.6 Å². The Balaban J connectivity index is 1.52. The highest BCUT2D eigenvalue weighted by Crippen LogP contribution is 2.16. The molecule has 3 heterocycles. The fraction of sp³-hybridized carbons (Fsp3) is 0.316. The van der Waals surface area contributed by atoms with Gasteiger partial charge in [0.2, 0.25) is 5.91 Å². The average molecular weight is 383 g/mol. The van der Waals surface area contributed by atoms with Crippen LogP contribution in [0.2, 0.25) is 0 Å². The fourth-order valence-electron chi connectivity index (χ4n) is 2.73. The smallest absolute Gasteiger partial charge is 0.253 e. The SMILES string of the molecule is O=C(C[C@@H]1C=C[C@@H](NC(=O)c2cccnc2)[C@@H](CO)O1)NCc1ccncn1. The molecule has 2 aromatic heterocycles. The second-order valence-electron chi connectivity index (χ2n) is 6.20. The maximum absolute atomic E-state index is 12.3. The first-order valence-electron chi connectivity index (χ1n) is 8.83. The van der Waals surface area contributed by atoms with Crippen molar-refractivity contribution >= 4 is 11.8 Å². The predicted molar refractivity (Wildman–Crippen MR) is 98.9 cm³/mol. The molecule has 2 aromatic rings. The summed E-state index contributed by atoms with van der Waals surface area (Å²) in [5.74, 6) is -0.520. The van der Waals surface area contributed by atoms with E-state index in [1.165, 1.54) is 12.5 Å². The number of nitrogens with zero attached hydrogens (tertiary/aromatic N) is 3. The lowest BCUT2D eigenvalue weighted by Crippen LogP contribution is -2.49. The molecule has 0 aromatic carbocycles. The summed E-state index contributed by atoms with van der Waals surface area (Å²) >= 11 is 0. The van der Waals surface area contributed by atoms with Crippen LogP contribution in [-0.4, -0.2) is 56.7 Å². The lowest BCUT2D eigenvalue weighted by atomic mass is 10.0. The number of carbonyl (C=O) groups excluding carboxylic acids is 2. The van der Waals surface area contributed by atoms with Crippen LogP contribution >= 0.6 is 0 Å². The van der Waals surface area contributed by atoms with E-state index < -0.39 is 18.2 Å². The first-order chi connectivity index (χ1) is 13.7. The van der Waals surface area contributed by atoms with Crippen LogP contribution in [0.3, 0.4) is 0 Å². The quantitative estimate of drug-likeness (QED) is 0.574. The fourth-order valence-corrected chi connectivity index (χ4v) is 2.73. The number of aliphatic hydroxyl groups excluding tert-OH is 1. The van der Waals surface area contributed by atoms with Crippen molar-refractivity contribution in [3.8, 4) is 0 Å². The molecule has 0 unspecified atom stereocenters. The molecule has 9 nitrogen and oxygen atoms in total. The molecule has 3 atom stereocenters. The highest BCUT2D eigenvalue weighted by Gasteiger charge is 2.29. The van der Waals surface area contributed by atoms with Crippen molar-refractivity contribution in [2.45, 2.75) is 31.2 Å². The topological polar surface area (TPSA) is 126 Å². The number of hydrogen-bond donors (Lipinski definition) is 3. The van der Waals surface area contributed by atoms with Crippen molar-refractivity contribution in [2.75, 3.05) is 6.61 Å². The number of aliphatic hydroxyl groups is 1. The van der Waals surface area contributed by atoms with Gasteiger partial charge in [-0.2, -0.15) is 0 Å². The molecule has 1 aliphatic heterocycles. The Morgan fingerprint density at radius 2 is 2.07 bits per heavy atom. The Morgan fingerprint density at radius 3 is 2.79 bits per heavy atom. The van der Waals surface area contributed by atoms with Crippen LogP contribution < -0.4 is 10.6 Å². The van der Waals surface area contributed by atoms with E-state index in [9.17, 15) is 14.7 Å². The summed E-state index contributed by atoms with van der Waals surface area (Å²) in [6, 6.07) is 4.53. The number of amides is 2. The van der Waals surface area contributed by atoms with Gasteiger partial charge in [0.1, 0.15) is 12.4 Å². The molecule has 0 saturated carbocycles. The van der Waals surface area contributed by atoms with Gasteiger partial charge in [-0.3, -0.25) is 14.6 Å². The summed E-state index contributed by atoms with van der Waals surface area (Å²) < 4.78 is 5.75.